The normalized spacial score (nSPS) is 11.3. The van der Waals surface area contributed by atoms with E-state index in [9.17, 15) is 4.79 Å². The van der Waals surface area contributed by atoms with Gasteiger partial charge in [0, 0.05) is 13.2 Å². The van der Waals surface area contributed by atoms with Crippen LogP contribution >= 0.6 is 11.3 Å². The van der Waals surface area contributed by atoms with E-state index in [1.807, 2.05) is 31.4 Å². The molecule has 0 bridgehead atoms. The Bertz CT molecular complexity index is 487. The van der Waals surface area contributed by atoms with Crippen molar-refractivity contribution in [3.63, 3.8) is 0 Å². The molecule has 2 aromatic heterocycles. The number of thiophene rings is 1. The molecule has 98 valence electrons. The summed E-state index contributed by atoms with van der Waals surface area (Å²) in [5.41, 5.74) is 1.65. The van der Waals surface area contributed by atoms with Crippen LogP contribution in [0.3, 0.4) is 0 Å². The van der Waals surface area contributed by atoms with Crippen LogP contribution in [0.1, 0.15) is 30.8 Å². The molecule has 0 spiro atoms. The van der Waals surface area contributed by atoms with E-state index in [0.717, 1.165) is 16.6 Å². The van der Waals surface area contributed by atoms with Gasteiger partial charge in [0.2, 0.25) is 0 Å². The van der Waals surface area contributed by atoms with Crippen molar-refractivity contribution in [1.29, 1.82) is 0 Å². The van der Waals surface area contributed by atoms with Crippen molar-refractivity contribution >= 4 is 27.5 Å². The number of aromatic amines is 1. The Labute approximate surface area is 110 Å². The van der Waals surface area contributed by atoms with Gasteiger partial charge in [-0.25, -0.2) is 0 Å². The van der Waals surface area contributed by atoms with Crippen molar-refractivity contribution < 1.29 is 9.53 Å². The van der Waals surface area contributed by atoms with E-state index < -0.39 is 0 Å². The van der Waals surface area contributed by atoms with Crippen LogP contribution in [-0.4, -0.2) is 30.1 Å². The average molecular weight is 266 g/mol. The van der Waals surface area contributed by atoms with E-state index in [0.29, 0.717) is 18.8 Å². The van der Waals surface area contributed by atoms with Crippen LogP contribution < -0.4 is 5.32 Å². The number of fused-ring (bicyclic) bond motifs is 1. The summed E-state index contributed by atoms with van der Waals surface area (Å²) in [7, 11) is 0. The topological polar surface area (TPSA) is 54.1 Å². The van der Waals surface area contributed by atoms with Crippen LogP contribution in [0, 0.1) is 0 Å². The lowest BCUT2D eigenvalue weighted by Crippen LogP contribution is -2.25. The summed E-state index contributed by atoms with van der Waals surface area (Å²) in [6.07, 6.45) is 1.08. The highest BCUT2D eigenvalue weighted by atomic mass is 32.1. The Kier molecular flexibility index (Phi) is 4.38. The third-order valence-corrected chi connectivity index (χ3v) is 3.41. The molecule has 4 nitrogen and oxygen atoms in total. The van der Waals surface area contributed by atoms with Gasteiger partial charge in [0.1, 0.15) is 5.69 Å². The fourth-order valence-corrected chi connectivity index (χ4v) is 2.44. The predicted octanol–water partition coefficient (Wildman–Crippen LogP) is 2.77. The number of nitrogens with one attached hydrogen (secondary N) is 2. The van der Waals surface area contributed by atoms with Crippen molar-refractivity contribution in [2.75, 3.05) is 13.2 Å². The second-order valence-corrected chi connectivity index (χ2v) is 5.36. The van der Waals surface area contributed by atoms with Crippen LogP contribution in [0.5, 0.6) is 0 Å². The summed E-state index contributed by atoms with van der Waals surface area (Å²) in [6.45, 7) is 5.32. The van der Waals surface area contributed by atoms with Crippen molar-refractivity contribution in [3.05, 3.63) is 23.2 Å². The Morgan fingerprint density at radius 1 is 1.56 bits per heavy atom. The monoisotopic (exact) mass is 266 g/mol. The van der Waals surface area contributed by atoms with Gasteiger partial charge in [0.25, 0.3) is 5.91 Å². The summed E-state index contributed by atoms with van der Waals surface area (Å²) >= 11 is 1.63. The van der Waals surface area contributed by atoms with E-state index >= 15 is 0 Å². The molecule has 2 heterocycles. The first kappa shape index (κ1) is 13.1. The third-order valence-electron chi connectivity index (χ3n) is 2.54. The largest absolute Gasteiger partial charge is 0.379 e. The van der Waals surface area contributed by atoms with Crippen molar-refractivity contribution in [2.45, 2.75) is 26.4 Å². The van der Waals surface area contributed by atoms with Gasteiger partial charge in [-0.15, -0.1) is 11.3 Å². The van der Waals surface area contributed by atoms with Crippen LogP contribution in [0.4, 0.5) is 0 Å². The molecule has 0 radical (unpaired) electrons. The highest BCUT2D eigenvalue weighted by molar-refractivity contribution is 7.17. The first-order valence-electron chi connectivity index (χ1n) is 6.13. The number of aromatic nitrogens is 1. The van der Waals surface area contributed by atoms with Crippen molar-refractivity contribution in [2.24, 2.45) is 0 Å². The van der Waals surface area contributed by atoms with Crippen LogP contribution in [0.2, 0.25) is 0 Å². The lowest BCUT2D eigenvalue weighted by atomic mass is 10.3. The number of H-pyrrole nitrogens is 1. The second kappa shape index (κ2) is 6.02. The Morgan fingerprint density at radius 3 is 3.11 bits per heavy atom. The minimum absolute atomic E-state index is 0.0528. The predicted molar refractivity (Wildman–Crippen MR) is 74.2 cm³/mol. The Hall–Kier alpha value is -1.33. The SMILES string of the molecule is CC(C)OCCCNC(=O)c1cc2sccc2[nH]1. The molecule has 0 aliphatic rings. The molecule has 0 saturated heterocycles. The molecular weight excluding hydrogens is 248 g/mol. The molecular formula is C13H18N2O2S. The zero-order valence-corrected chi connectivity index (χ0v) is 11.5. The summed E-state index contributed by atoms with van der Waals surface area (Å²) in [5, 5.41) is 4.88. The van der Waals surface area contributed by atoms with Gasteiger partial charge in [0.05, 0.1) is 16.3 Å². The lowest BCUT2D eigenvalue weighted by Gasteiger charge is -2.07. The van der Waals surface area contributed by atoms with Gasteiger partial charge in [0.15, 0.2) is 0 Å². The maximum atomic E-state index is 11.8. The summed E-state index contributed by atoms with van der Waals surface area (Å²) < 4.78 is 6.52. The van der Waals surface area contributed by atoms with Crippen molar-refractivity contribution in [3.8, 4) is 0 Å². The van der Waals surface area contributed by atoms with E-state index in [2.05, 4.69) is 10.3 Å². The number of ether oxygens (including phenoxy) is 1. The average Bonchev–Trinajstić information content (AvgIpc) is 2.87. The van der Waals surface area contributed by atoms with E-state index in [1.165, 1.54) is 0 Å². The Balaban J connectivity index is 1.76. The molecule has 0 saturated carbocycles. The van der Waals surface area contributed by atoms with Gasteiger partial charge in [-0.3, -0.25) is 4.79 Å². The standard InChI is InChI=1S/C13H18N2O2S/c1-9(2)17-6-3-5-14-13(16)11-8-12-10(15-11)4-7-18-12/h4,7-9,15H,3,5-6H2,1-2H3,(H,14,16). The third kappa shape index (κ3) is 3.34. The minimum Gasteiger partial charge on any atom is -0.379 e. The number of amides is 1. The zero-order valence-electron chi connectivity index (χ0n) is 10.7. The molecule has 0 aliphatic carbocycles. The molecule has 5 heteroatoms. The van der Waals surface area contributed by atoms with Gasteiger partial charge >= 0.3 is 0 Å². The van der Waals surface area contributed by atoms with E-state index in [4.69, 9.17) is 4.74 Å². The van der Waals surface area contributed by atoms with E-state index in [1.54, 1.807) is 11.3 Å². The summed E-state index contributed by atoms with van der Waals surface area (Å²) in [4.78, 5) is 14.9. The first-order chi connectivity index (χ1) is 8.66. The molecule has 0 unspecified atom stereocenters. The van der Waals surface area contributed by atoms with Gasteiger partial charge in [-0.1, -0.05) is 0 Å². The smallest absolute Gasteiger partial charge is 0.267 e. The van der Waals surface area contributed by atoms with Crippen molar-refractivity contribution in [1.82, 2.24) is 10.3 Å². The number of carbonyl (C=O) groups is 1. The molecule has 0 fully saturated rings. The number of rotatable bonds is 6. The number of hydrogen-bond acceptors (Lipinski definition) is 3. The van der Waals surface area contributed by atoms with Crippen LogP contribution in [0.25, 0.3) is 10.2 Å². The summed E-state index contributed by atoms with van der Waals surface area (Å²) in [5.74, 6) is -0.0528. The van der Waals surface area contributed by atoms with Gasteiger partial charge in [-0.2, -0.15) is 0 Å². The molecule has 0 atom stereocenters. The lowest BCUT2D eigenvalue weighted by molar-refractivity contribution is 0.0756. The molecule has 0 aromatic carbocycles. The quantitative estimate of drug-likeness (QED) is 0.790. The second-order valence-electron chi connectivity index (χ2n) is 4.41. The zero-order chi connectivity index (χ0) is 13.0. The molecule has 2 N–H and O–H groups in total. The minimum atomic E-state index is -0.0528. The molecule has 18 heavy (non-hydrogen) atoms. The van der Waals surface area contributed by atoms with Gasteiger partial charge < -0.3 is 15.0 Å². The highest BCUT2D eigenvalue weighted by Crippen LogP contribution is 2.20. The first-order valence-corrected chi connectivity index (χ1v) is 7.01. The Morgan fingerprint density at radius 2 is 2.39 bits per heavy atom. The molecule has 1 amide bonds. The van der Waals surface area contributed by atoms with E-state index in [-0.39, 0.29) is 12.0 Å². The molecule has 2 aromatic rings. The van der Waals surface area contributed by atoms with Crippen LogP contribution in [0.15, 0.2) is 17.5 Å². The number of hydrogen-bond donors (Lipinski definition) is 2. The highest BCUT2D eigenvalue weighted by Gasteiger charge is 2.09. The molecule has 2 rings (SSSR count). The van der Waals surface area contributed by atoms with Crippen LogP contribution in [-0.2, 0) is 4.74 Å². The summed E-state index contributed by atoms with van der Waals surface area (Å²) in [6, 6.07) is 3.87. The number of carbonyl (C=O) groups excluding carboxylic acids is 1. The fourth-order valence-electron chi connectivity index (χ4n) is 1.66. The maximum absolute atomic E-state index is 11.8. The molecule has 0 aliphatic heterocycles. The maximum Gasteiger partial charge on any atom is 0.267 e. The van der Waals surface area contributed by atoms with Gasteiger partial charge in [-0.05, 0) is 37.8 Å². The fraction of sp³-hybridized carbons (Fsp3) is 0.462.